The molecule has 0 saturated carbocycles. The fraction of sp³-hybridized carbons (Fsp3) is 0.643. The number of sulfonamides is 1. The van der Waals surface area contributed by atoms with Gasteiger partial charge in [-0.1, -0.05) is 6.92 Å². The number of carbonyl (C=O) groups is 1. The molecule has 25 heavy (non-hydrogen) atoms. The van der Waals surface area contributed by atoms with E-state index >= 15 is 0 Å². The van der Waals surface area contributed by atoms with E-state index in [9.17, 15) is 22.0 Å². The van der Waals surface area contributed by atoms with Crippen LogP contribution in [0, 0.1) is 5.92 Å². The zero-order chi connectivity index (χ0) is 18.0. The van der Waals surface area contributed by atoms with Crippen molar-refractivity contribution in [2.45, 2.75) is 29.9 Å². The van der Waals surface area contributed by atoms with Gasteiger partial charge in [-0.15, -0.1) is 23.7 Å². The van der Waals surface area contributed by atoms with Crippen molar-refractivity contribution in [2.24, 2.45) is 11.7 Å². The first-order valence-corrected chi connectivity index (χ1v) is 9.87. The molecule has 11 heteroatoms. The fourth-order valence-electron chi connectivity index (χ4n) is 2.30. The van der Waals surface area contributed by atoms with Crippen molar-refractivity contribution in [3.63, 3.8) is 0 Å². The van der Waals surface area contributed by atoms with E-state index in [4.69, 9.17) is 5.73 Å². The molecule has 1 aromatic heterocycles. The number of amides is 1. The summed E-state index contributed by atoms with van der Waals surface area (Å²) in [6.07, 6.45) is 1.60. The van der Waals surface area contributed by atoms with Crippen LogP contribution in [0.15, 0.2) is 16.3 Å². The standard InChI is InChI=1S/C14H21F2N3O3S2.ClH/c1-10-4-6-19(7-5-10)24(21,22)12-3-2-11(23-12)13(20)18-9-14(15,16)8-17;/h2-3,10H,4-9,17H2,1H3,(H,18,20);1H. The topological polar surface area (TPSA) is 92.5 Å². The molecule has 1 aliphatic heterocycles. The number of rotatable bonds is 6. The van der Waals surface area contributed by atoms with Crippen molar-refractivity contribution in [1.29, 1.82) is 0 Å². The van der Waals surface area contributed by atoms with Gasteiger partial charge < -0.3 is 11.1 Å². The van der Waals surface area contributed by atoms with E-state index in [2.05, 4.69) is 12.2 Å². The smallest absolute Gasteiger partial charge is 0.277 e. The van der Waals surface area contributed by atoms with Crippen molar-refractivity contribution in [3.05, 3.63) is 17.0 Å². The Labute approximate surface area is 156 Å². The first kappa shape index (κ1) is 22.2. The normalized spacial score (nSPS) is 17.1. The predicted octanol–water partition coefficient (Wildman–Crippen LogP) is 1.91. The van der Waals surface area contributed by atoms with E-state index in [1.54, 1.807) is 0 Å². The van der Waals surface area contributed by atoms with Crippen LogP contribution < -0.4 is 11.1 Å². The molecule has 3 N–H and O–H groups in total. The summed E-state index contributed by atoms with van der Waals surface area (Å²) < 4.78 is 52.7. The maximum Gasteiger partial charge on any atom is 0.277 e. The number of nitrogens with two attached hydrogens (primary N) is 1. The van der Waals surface area contributed by atoms with Crippen LogP contribution in [0.1, 0.15) is 29.4 Å². The van der Waals surface area contributed by atoms with E-state index in [-0.39, 0.29) is 21.5 Å². The molecule has 0 atom stereocenters. The van der Waals surface area contributed by atoms with Crippen molar-refractivity contribution in [3.8, 4) is 0 Å². The van der Waals surface area contributed by atoms with Gasteiger partial charge >= 0.3 is 0 Å². The van der Waals surface area contributed by atoms with Crippen LogP contribution in [0.5, 0.6) is 0 Å². The van der Waals surface area contributed by atoms with Crippen LogP contribution in [0.25, 0.3) is 0 Å². The Kier molecular flexibility index (Phi) is 7.75. The van der Waals surface area contributed by atoms with Crippen LogP contribution in [-0.4, -0.2) is 50.7 Å². The molecule has 0 aliphatic carbocycles. The van der Waals surface area contributed by atoms with E-state index in [1.165, 1.54) is 16.4 Å². The average Bonchev–Trinajstić information content (AvgIpc) is 3.04. The molecular formula is C14H22ClF2N3O3S2. The number of carbonyl (C=O) groups excluding carboxylic acids is 1. The third-order valence-electron chi connectivity index (χ3n) is 3.95. The molecule has 1 aliphatic rings. The molecule has 144 valence electrons. The van der Waals surface area contributed by atoms with Crippen LogP contribution in [0.3, 0.4) is 0 Å². The SMILES string of the molecule is CC1CCN(S(=O)(=O)c2ccc(C(=O)NCC(F)(F)CN)s2)CC1.Cl. The number of piperidine rings is 1. The first-order chi connectivity index (χ1) is 11.2. The van der Waals surface area contributed by atoms with Crippen LogP contribution in [0.4, 0.5) is 8.78 Å². The van der Waals surface area contributed by atoms with Gasteiger partial charge in [0.1, 0.15) is 4.21 Å². The quantitative estimate of drug-likeness (QED) is 0.739. The molecule has 1 fully saturated rings. The van der Waals surface area contributed by atoms with Crippen LogP contribution in [-0.2, 0) is 10.0 Å². The van der Waals surface area contributed by atoms with Gasteiger partial charge in [-0.2, -0.15) is 4.31 Å². The van der Waals surface area contributed by atoms with Gasteiger partial charge in [-0.3, -0.25) is 4.79 Å². The Morgan fingerprint density at radius 1 is 1.40 bits per heavy atom. The second-order valence-electron chi connectivity index (χ2n) is 5.95. The summed E-state index contributed by atoms with van der Waals surface area (Å²) in [6.45, 7) is 1.23. The number of thiophene rings is 1. The molecule has 6 nitrogen and oxygen atoms in total. The second kappa shape index (κ2) is 8.72. The van der Waals surface area contributed by atoms with Gasteiger partial charge in [0.15, 0.2) is 0 Å². The van der Waals surface area contributed by atoms with E-state index in [1.807, 2.05) is 0 Å². The second-order valence-corrected chi connectivity index (χ2v) is 9.20. The molecular weight excluding hydrogens is 396 g/mol. The van der Waals surface area contributed by atoms with E-state index in [0.717, 1.165) is 24.2 Å². The summed E-state index contributed by atoms with van der Waals surface area (Å²) in [7, 11) is -3.64. The van der Waals surface area contributed by atoms with Crippen molar-refractivity contribution in [1.82, 2.24) is 9.62 Å². The number of halogens is 3. The van der Waals surface area contributed by atoms with E-state index < -0.39 is 34.9 Å². The summed E-state index contributed by atoms with van der Waals surface area (Å²) in [5, 5.41) is 2.07. The molecule has 0 bridgehead atoms. The Morgan fingerprint density at radius 3 is 2.56 bits per heavy atom. The summed E-state index contributed by atoms with van der Waals surface area (Å²) in [5.74, 6) is -3.43. The summed E-state index contributed by atoms with van der Waals surface area (Å²) >= 11 is 0.783. The first-order valence-electron chi connectivity index (χ1n) is 7.62. The zero-order valence-corrected chi connectivity index (χ0v) is 16.2. The Balaban J connectivity index is 0.00000312. The fourth-order valence-corrected chi connectivity index (χ4v) is 5.15. The minimum Gasteiger partial charge on any atom is -0.345 e. The molecule has 0 radical (unpaired) electrons. The number of hydrogen-bond donors (Lipinski definition) is 2. The molecule has 1 aromatic rings. The number of nitrogens with one attached hydrogen (secondary N) is 1. The molecule has 0 unspecified atom stereocenters. The number of nitrogens with zero attached hydrogens (tertiary/aromatic N) is 1. The molecule has 0 aromatic carbocycles. The van der Waals surface area contributed by atoms with E-state index in [0.29, 0.717) is 19.0 Å². The summed E-state index contributed by atoms with van der Waals surface area (Å²) in [5.41, 5.74) is 4.90. The summed E-state index contributed by atoms with van der Waals surface area (Å²) in [4.78, 5) is 12.0. The monoisotopic (exact) mass is 417 g/mol. The van der Waals surface area contributed by atoms with Gasteiger partial charge in [0.05, 0.1) is 18.0 Å². The van der Waals surface area contributed by atoms with Gasteiger partial charge in [-0.05, 0) is 30.9 Å². The molecule has 1 saturated heterocycles. The maximum absolute atomic E-state index is 13.1. The lowest BCUT2D eigenvalue weighted by Gasteiger charge is -2.28. The van der Waals surface area contributed by atoms with Gasteiger partial charge in [0, 0.05) is 13.1 Å². The maximum atomic E-state index is 13.1. The minimum atomic E-state index is -3.64. The molecule has 2 heterocycles. The highest BCUT2D eigenvalue weighted by Gasteiger charge is 2.31. The van der Waals surface area contributed by atoms with Gasteiger partial charge in [-0.25, -0.2) is 17.2 Å². The lowest BCUT2D eigenvalue weighted by Crippen LogP contribution is -2.41. The minimum absolute atomic E-state index is 0. The third kappa shape index (κ3) is 5.58. The predicted molar refractivity (Wildman–Crippen MR) is 95.1 cm³/mol. The highest BCUT2D eigenvalue weighted by atomic mass is 35.5. The number of hydrogen-bond acceptors (Lipinski definition) is 5. The Hall–Kier alpha value is -0.810. The third-order valence-corrected chi connectivity index (χ3v) is 7.40. The molecule has 1 amide bonds. The Bertz CT molecular complexity index is 689. The lowest BCUT2D eigenvalue weighted by atomic mass is 10.0. The largest absolute Gasteiger partial charge is 0.345 e. The molecule has 2 rings (SSSR count). The highest BCUT2D eigenvalue weighted by Crippen LogP contribution is 2.28. The van der Waals surface area contributed by atoms with Crippen molar-refractivity contribution in [2.75, 3.05) is 26.2 Å². The lowest BCUT2D eigenvalue weighted by molar-refractivity contribution is 0.0119. The highest BCUT2D eigenvalue weighted by molar-refractivity contribution is 7.91. The molecule has 0 spiro atoms. The average molecular weight is 418 g/mol. The van der Waals surface area contributed by atoms with Crippen LogP contribution in [0.2, 0.25) is 0 Å². The zero-order valence-electron chi connectivity index (χ0n) is 13.7. The Morgan fingerprint density at radius 2 is 2.00 bits per heavy atom. The van der Waals surface area contributed by atoms with Crippen LogP contribution >= 0.6 is 23.7 Å². The summed E-state index contributed by atoms with van der Waals surface area (Å²) in [6, 6.07) is 2.67. The van der Waals surface area contributed by atoms with Gasteiger partial charge in [0.25, 0.3) is 21.9 Å². The van der Waals surface area contributed by atoms with Gasteiger partial charge in [0.2, 0.25) is 0 Å². The number of alkyl halides is 2. The van der Waals surface area contributed by atoms with Crippen molar-refractivity contribution >= 4 is 39.7 Å². The van der Waals surface area contributed by atoms with Crippen molar-refractivity contribution < 1.29 is 22.0 Å².